The van der Waals surface area contributed by atoms with Crippen LogP contribution in [0.25, 0.3) is 0 Å². The number of rotatable bonds is 2. The van der Waals surface area contributed by atoms with E-state index in [0.29, 0.717) is 17.9 Å². The van der Waals surface area contributed by atoms with Crippen LogP contribution in [-0.4, -0.2) is 6.04 Å². The lowest BCUT2D eigenvalue weighted by molar-refractivity contribution is 0.268. The van der Waals surface area contributed by atoms with E-state index in [-0.39, 0.29) is 5.82 Å². The fourth-order valence-corrected chi connectivity index (χ4v) is 2.70. The minimum absolute atomic E-state index is 0.171. The van der Waals surface area contributed by atoms with Crippen molar-refractivity contribution in [3.63, 3.8) is 0 Å². The van der Waals surface area contributed by atoms with Crippen LogP contribution in [0, 0.1) is 17.7 Å². The first-order valence-electron chi connectivity index (χ1n) is 6.19. The second-order valence-corrected chi connectivity index (χ2v) is 5.06. The Morgan fingerprint density at radius 3 is 2.19 bits per heavy atom. The van der Waals surface area contributed by atoms with Gasteiger partial charge in [-0.05, 0) is 48.9 Å². The molecule has 88 valence electrons. The van der Waals surface area contributed by atoms with Gasteiger partial charge in [-0.1, -0.05) is 20.3 Å². The highest BCUT2D eigenvalue weighted by atomic mass is 19.1. The second kappa shape index (κ2) is 4.86. The Morgan fingerprint density at radius 1 is 1.06 bits per heavy atom. The van der Waals surface area contributed by atoms with E-state index in [1.54, 1.807) is 0 Å². The van der Waals surface area contributed by atoms with E-state index in [4.69, 9.17) is 0 Å². The van der Waals surface area contributed by atoms with Crippen molar-refractivity contribution in [1.82, 2.24) is 0 Å². The van der Waals surface area contributed by atoms with E-state index >= 15 is 0 Å². The molecule has 1 aromatic carbocycles. The van der Waals surface area contributed by atoms with Gasteiger partial charge in [0.25, 0.3) is 0 Å². The molecule has 2 unspecified atom stereocenters. The summed E-state index contributed by atoms with van der Waals surface area (Å²) >= 11 is 0. The molecule has 1 aliphatic carbocycles. The van der Waals surface area contributed by atoms with E-state index in [1.807, 2.05) is 12.1 Å². The molecule has 1 aromatic rings. The topological polar surface area (TPSA) is 12.0 Å². The summed E-state index contributed by atoms with van der Waals surface area (Å²) in [6.07, 6.45) is 3.93. The molecule has 0 aromatic heterocycles. The summed E-state index contributed by atoms with van der Waals surface area (Å²) in [5.74, 6) is 1.23. The highest BCUT2D eigenvalue weighted by molar-refractivity contribution is 5.44. The largest absolute Gasteiger partial charge is 0.382 e. The quantitative estimate of drug-likeness (QED) is 0.794. The Bertz CT molecular complexity index is 323. The van der Waals surface area contributed by atoms with Gasteiger partial charge in [0.2, 0.25) is 0 Å². The summed E-state index contributed by atoms with van der Waals surface area (Å²) in [7, 11) is 0. The van der Waals surface area contributed by atoms with Gasteiger partial charge in [-0.3, -0.25) is 0 Å². The van der Waals surface area contributed by atoms with E-state index in [9.17, 15) is 4.39 Å². The highest BCUT2D eigenvalue weighted by Crippen LogP contribution is 2.31. The lowest BCUT2D eigenvalue weighted by atomic mass is 9.78. The van der Waals surface area contributed by atoms with Gasteiger partial charge in [0.1, 0.15) is 5.82 Å². The molecule has 0 saturated heterocycles. The molecule has 1 aliphatic rings. The van der Waals surface area contributed by atoms with Crippen molar-refractivity contribution in [2.24, 2.45) is 11.8 Å². The standard InChI is InChI=1S/C14H20FN/c1-10-4-3-5-11(2)14(10)16-13-8-6-12(15)7-9-13/h6-11,14,16H,3-5H2,1-2H3. The number of hydrogen-bond donors (Lipinski definition) is 1. The minimum Gasteiger partial charge on any atom is -0.382 e. The van der Waals surface area contributed by atoms with Crippen LogP contribution in [0.4, 0.5) is 10.1 Å². The lowest BCUT2D eigenvalue weighted by Crippen LogP contribution is -2.37. The van der Waals surface area contributed by atoms with Gasteiger partial charge in [-0.15, -0.1) is 0 Å². The van der Waals surface area contributed by atoms with Crippen molar-refractivity contribution in [2.45, 2.75) is 39.2 Å². The van der Waals surface area contributed by atoms with Gasteiger partial charge in [-0.25, -0.2) is 4.39 Å². The van der Waals surface area contributed by atoms with Crippen molar-refractivity contribution in [2.75, 3.05) is 5.32 Å². The number of benzene rings is 1. The normalized spacial score (nSPS) is 30.1. The summed E-state index contributed by atoms with van der Waals surface area (Å²) in [6.45, 7) is 4.60. The van der Waals surface area contributed by atoms with Crippen LogP contribution in [0.1, 0.15) is 33.1 Å². The zero-order chi connectivity index (χ0) is 11.5. The highest BCUT2D eigenvalue weighted by Gasteiger charge is 2.27. The van der Waals surface area contributed by atoms with Crippen LogP contribution in [0.15, 0.2) is 24.3 Å². The Kier molecular flexibility index (Phi) is 3.47. The van der Waals surface area contributed by atoms with Crippen LogP contribution in [0.3, 0.4) is 0 Å². The second-order valence-electron chi connectivity index (χ2n) is 5.06. The van der Waals surface area contributed by atoms with Crippen LogP contribution >= 0.6 is 0 Å². The van der Waals surface area contributed by atoms with Crippen LogP contribution in [0.5, 0.6) is 0 Å². The van der Waals surface area contributed by atoms with Crippen molar-refractivity contribution in [3.8, 4) is 0 Å². The van der Waals surface area contributed by atoms with Crippen LogP contribution in [-0.2, 0) is 0 Å². The maximum absolute atomic E-state index is 12.8. The minimum atomic E-state index is -0.171. The van der Waals surface area contributed by atoms with Crippen LogP contribution < -0.4 is 5.32 Å². The van der Waals surface area contributed by atoms with Crippen LogP contribution in [0.2, 0.25) is 0 Å². The first kappa shape index (κ1) is 11.4. The molecule has 0 aliphatic heterocycles. The van der Waals surface area contributed by atoms with Gasteiger partial charge in [-0.2, -0.15) is 0 Å². The van der Waals surface area contributed by atoms with Crippen molar-refractivity contribution < 1.29 is 4.39 Å². The van der Waals surface area contributed by atoms with Gasteiger partial charge >= 0.3 is 0 Å². The SMILES string of the molecule is CC1CCCC(C)C1Nc1ccc(F)cc1. The molecule has 0 spiro atoms. The molecule has 2 rings (SSSR count). The molecular formula is C14H20FN. The lowest BCUT2D eigenvalue weighted by Gasteiger charge is -2.35. The van der Waals surface area contributed by atoms with Gasteiger partial charge in [0.05, 0.1) is 0 Å². The first-order chi connectivity index (χ1) is 7.66. The molecule has 1 nitrogen and oxygen atoms in total. The fraction of sp³-hybridized carbons (Fsp3) is 0.571. The molecule has 16 heavy (non-hydrogen) atoms. The maximum Gasteiger partial charge on any atom is 0.123 e. The van der Waals surface area contributed by atoms with E-state index in [0.717, 1.165) is 5.69 Å². The average molecular weight is 221 g/mol. The number of halogens is 1. The van der Waals surface area contributed by atoms with E-state index in [2.05, 4.69) is 19.2 Å². The molecule has 1 N–H and O–H groups in total. The molecule has 1 fully saturated rings. The van der Waals surface area contributed by atoms with E-state index < -0.39 is 0 Å². The summed E-state index contributed by atoms with van der Waals surface area (Å²) in [5, 5.41) is 3.54. The number of nitrogens with one attached hydrogen (secondary N) is 1. The molecule has 0 bridgehead atoms. The first-order valence-corrected chi connectivity index (χ1v) is 6.19. The van der Waals surface area contributed by atoms with Crippen molar-refractivity contribution >= 4 is 5.69 Å². The summed E-state index contributed by atoms with van der Waals surface area (Å²) in [5.41, 5.74) is 1.03. The Morgan fingerprint density at radius 2 is 1.62 bits per heavy atom. The maximum atomic E-state index is 12.8. The predicted octanol–water partition coefficient (Wildman–Crippen LogP) is 4.06. The third-order valence-electron chi connectivity index (χ3n) is 3.72. The summed E-state index contributed by atoms with van der Waals surface area (Å²) in [4.78, 5) is 0. The molecule has 0 amide bonds. The third-order valence-corrected chi connectivity index (χ3v) is 3.72. The fourth-order valence-electron chi connectivity index (χ4n) is 2.70. The predicted molar refractivity (Wildman–Crippen MR) is 66.0 cm³/mol. The Labute approximate surface area is 97.1 Å². The summed E-state index contributed by atoms with van der Waals surface area (Å²) < 4.78 is 12.8. The van der Waals surface area contributed by atoms with Gasteiger partial charge in [0, 0.05) is 11.7 Å². The zero-order valence-corrected chi connectivity index (χ0v) is 10.0. The molecule has 0 heterocycles. The zero-order valence-electron chi connectivity index (χ0n) is 10.0. The van der Waals surface area contributed by atoms with Crippen molar-refractivity contribution in [3.05, 3.63) is 30.1 Å². The van der Waals surface area contributed by atoms with Gasteiger partial charge < -0.3 is 5.32 Å². The smallest absolute Gasteiger partial charge is 0.123 e. The number of hydrogen-bond acceptors (Lipinski definition) is 1. The Balaban J connectivity index is 2.04. The molecule has 1 saturated carbocycles. The summed E-state index contributed by atoms with van der Waals surface area (Å²) in [6, 6.07) is 7.20. The molecule has 2 atom stereocenters. The molecular weight excluding hydrogens is 201 g/mol. The average Bonchev–Trinajstić information content (AvgIpc) is 2.26. The monoisotopic (exact) mass is 221 g/mol. The number of anilines is 1. The molecule has 0 radical (unpaired) electrons. The van der Waals surface area contributed by atoms with Gasteiger partial charge in [0.15, 0.2) is 0 Å². The van der Waals surface area contributed by atoms with Crippen molar-refractivity contribution in [1.29, 1.82) is 0 Å². The van der Waals surface area contributed by atoms with E-state index in [1.165, 1.54) is 31.4 Å². The Hall–Kier alpha value is -1.05. The molecule has 2 heteroatoms. The third kappa shape index (κ3) is 2.55.